The number of hydrogen-bond acceptors (Lipinski definition) is 3. The molecule has 0 spiro atoms. The lowest BCUT2D eigenvalue weighted by molar-refractivity contribution is 0.268. The van der Waals surface area contributed by atoms with Crippen molar-refractivity contribution in [3.05, 3.63) is 11.9 Å². The monoisotopic (exact) mass is 327 g/mol. The van der Waals surface area contributed by atoms with E-state index in [-0.39, 0.29) is 17.5 Å². The van der Waals surface area contributed by atoms with E-state index in [4.69, 9.17) is 0 Å². The molecule has 0 saturated carbocycles. The van der Waals surface area contributed by atoms with E-state index in [1.54, 1.807) is 15.2 Å². The molecule has 1 aliphatic rings. The van der Waals surface area contributed by atoms with Crippen molar-refractivity contribution in [3.63, 3.8) is 0 Å². The van der Waals surface area contributed by atoms with Gasteiger partial charge in [0.1, 0.15) is 4.90 Å². The van der Waals surface area contributed by atoms with Crippen LogP contribution in [0.3, 0.4) is 0 Å². The smallest absolute Gasteiger partial charge is 0.246 e. The Kier molecular flexibility index (Phi) is 4.74. The molecule has 1 aromatic rings. The number of rotatable bonds is 3. The first-order valence-electron chi connectivity index (χ1n) is 8.16. The van der Waals surface area contributed by atoms with E-state index in [0.717, 1.165) is 19.3 Å². The summed E-state index contributed by atoms with van der Waals surface area (Å²) < 4.78 is 29.8. The van der Waals surface area contributed by atoms with Gasteiger partial charge in [0.2, 0.25) is 10.0 Å². The minimum Gasteiger partial charge on any atom is -0.269 e. The van der Waals surface area contributed by atoms with E-state index in [2.05, 4.69) is 5.10 Å². The molecule has 0 amide bonds. The summed E-state index contributed by atoms with van der Waals surface area (Å²) in [4.78, 5) is 0.377. The van der Waals surface area contributed by atoms with Crippen LogP contribution in [0.1, 0.15) is 72.5 Å². The van der Waals surface area contributed by atoms with Gasteiger partial charge in [0, 0.05) is 30.2 Å². The summed E-state index contributed by atoms with van der Waals surface area (Å²) in [6, 6.07) is 0.206. The largest absolute Gasteiger partial charge is 0.269 e. The molecule has 1 aliphatic heterocycles. The highest BCUT2D eigenvalue weighted by Gasteiger charge is 2.37. The first-order valence-corrected chi connectivity index (χ1v) is 9.60. The number of sulfonamides is 1. The van der Waals surface area contributed by atoms with E-state index in [1.165, 1.54) is 0 Å². The van der Waals surface area contributed by atoms with Crippen molar-refractivity contribution in [3.8, 4) is 0 Å². The SMILES string of the molecule is CC1CCCCN1S(=O)(=O)c1cn(C(C)C)nc1C(C)(C)C. The molecule has 22 heavy (non-hydrogen) atoms. The van der Waals surface area contributed by atoms with Gasteiger partial charge in [-0.15, -0.1) is 0 Å². The fourth-order valence-corrected chi connectivity index (χ4v) is 4.94. The topological polar surface area (TPSA) is 55.2 Å². The molecule has 1 atom stereocenters. The quantitative estimate of drug-likeness (QED) is 0.855. The van der Waals surface area contributed by atoms with Crippen LogP contribution in [-0.4, -0.2) is 35.1 Å². The first kappa shape index (κ1) is 17.5. The van der Waals surface area contributed by atoms with Crippen LogP contribution in [0.15, 0.2) is 11.1 Å². The van der Waals surface area contributed by atoms with Crippen molar-refractivity contribution in [2.24, 2.45) is 0 Å². The minimum atomic E-state index is -3.49. The Morgan fingerprint density at radius 1 is 1.27 bits per heavy atom. The normalized spacial score (nSPS) is 21.5. The van der Waals surface area contributed by atoms with Crippen LogP contribution < -0.4 is 0 Å². The molecular formula is C16H29N3O2S. The lowest BCUT2D eigenvalue weighted by atomic mass is 9.92. The van der Waals surface area contributed by atoms with E-state index in [9.17, 15) is 8.42 Å². The standard InChI is InChI=1S/C16H29N3O2S/c1-12(2)18-11-14(15(17-18)16(4,5)6)22(20,21)19-10-8-7-9-13(19)3/h11-13H,7-10H2,1-6H3. The lowest BCUT2D eigenvalue weighted by Crippen LogP contribution is -2.42. The third kappa shape index (κ3) is 3.23. The molecule has 1 aromatic heterocycles. The zero-order valence-corrected chi connectivity index (χ0v) is 15.4. The number of aromatic nitrogens is 2. The number of hydrogen-bond donors (Lipinski definition) is 0. The fourth-order valence-electron chi connectivity index (χ4n) is 2.90. The van der Waals surface area contributed by atoms with Crippen molar-refractivity contribution in [1.29, 1.82) is 0 Å². The van der Waals surface area contributed by atoms with Crippen molar-refractivity contribution in [1.82, 2.24) is 14.1 Å². The average molecular weight is 327 g/mol. The summed E-state index contributed by atoms with van der Waals surface area (Å²) in [5, 5.41) is 4.58. The molecular weight excluding hydrogens is 298 g/mol. The summed E-state index contributed by atoms with van der Waals surface area (Å²) in [5.74, 6) is 0. The van der Waals surface area contributed by atoms with E-state index in [1.807, 2.05) is 41.5 Å². The van der Waals surface area contributed by atoms with Gasteiger partial charge in [-0.2, -0.15) is 9.40 Å². The maximum atomic E-state index is 13.2. The molecule has 1 fully saturated rings. The van der Waals surface area contributed by atoms with Crippen molar-refractivity contribution in [2.75, 3.05) is 6.54 Å². The molecule has 126 valence electrons. The Morgan fingerprint density at radius 3 is 2.41 bits per heavy atom. The van der Waals surface area contributed by atoms with E-state index >= 15 is 0 Å². The van der Waals surface area contributed by atoms with Crippen molar-refractivity contribution >= 4 is 10.0 Å². The second kappa shape index (κ2) is 5.96. The van der Waals surface area contributed by atoms with Gasteiger partial charge >= 0.3 is 0 Å². The van der Waals surface area contributed by atoms with Gasteiger partial charge in [0.05, 0.1) is 5.69 Å². The Balaban J connectivity index is 2.54. The predicted molar refractivity (Wildman–Crippen MR) is 88.5 cm³/mol. The highest BCUT2D eigenvalue weighted by molar-refractivity contribution is 7.89. The van der Waals surface area contributed by atoms with Gasteiger partial charge in [-0.05, 0) is 33.6 Å². The van der Waals surface area contributed by atoms with E-state index in [0.29, 0.717) is 17.1 Å². The predicted octanol–water partition coefficient (Wildman–Crippen LogP) is 3.32. The summed E-state index contributed by atoms with van der Waals surface area (Å²) in [7, 11) is -3.49. The summed E-state index contributed by atoms with van der Waals surface area (Å²) in [6.07, 6.45) is 4.68. The summed E-state index contributed by atoms with van der Waals surface area (Å²) in [5.41, 5.74) is 0.362. The molecule has 1 unspecified atom stereocenters. The third-order valence-corrected chi connectivity index (χ3v) is 6.28. The van der Waals surface area contributed by atoms with Gasteiger partial charge in [0.15, 0.2) is 0 Å². The molecule has 0 N–H and O–H groups in total. The first-order chi connectivity index (χ1) is 10.0. The fraction of sp³-hybridized carbons (Fsp3) is 0.812. The molecule has 6 heteroatoms. The van der Waals surface area contributed by atoms with Gasteiger partial charge in [-0.1, -0.05) is 27.2 Å². The van der Waals surface area contributed by atoms with Crippen LogP contribution in [0.25, 0.3) is 0 Å². The number of piperidine rings is 1. The molecule has 2 heterocycles. The molecule has 1 saturated heterocycles. The van der Waals surface area contributed by atoms with Gasteiger partial charge < -0.3 is 0 Å². The van der Waals surface area contributed by atoms with Crippen LogP contribution in [0.2, 0.25) is 0 Å². The van der Waals surface area contributed by atoms with Crippen LogP contribution >= 0.6 is 0 Å². The summed E-state index contributed by atoms with van der Waals surface area (Å²) >= 11 is 0. The van der Waals surface area contributed by atoms with Crippen LogP contribution in [0.5, 0.6) is 0 Å². The molecule has 0 aliphatic carbocycles. The van der Waals surface area contributed by atoms with Gasteiger partial charge in [-0.25, -0.2) is 8.42 Å². The van der Waals surface area contributed by atoms with E-state index < -0.39 is 10.0 Å². The molecule has 5 nitrogen and oxygen atoms in total. The molecule has 0 radical (unpaired) electrons. The highest BCUT2D eigenvalue weighted by atomic mass is 32.2. The van der Waals surface area contributed by atoms with Crippen LogP contribution in [-0.2, 0) is 15.4 Å². The molecule has 0 aromatic carbocycles. The molecule has 2 rings (SSSR count). The second-order valence-corrected chi connectivity index (χ2v) is 9.49. The Labute approximate surface area is 134 Å². The maximum absolute atomic E-state index is 13.2. The third-order valence-electron chi connectivity index (χ3n) is 4.27. The Bertz CT molecular complexity index is 626. The van der Waals surface area contributed by atoms with Gasteiger partial charge in [0.25, 0.3) is 0 Å². The number of nitrogens with zero attached hydrogens (tertiary/aromatic N) is 3. The average Bonchev–Trinajstić information content (AvgIpc) is 2.84. The van der Waals surface area contributed by atoms with Crippen LogP contribution in [0.4, 0.5) is 0 Å². The molecule has 0 bridgehead atoms. The van der Waals surface area contributed by atoms with Crippen LogP contribution in [0, 0.1) is 0 Å². The Morgan fingerprint density at radius 2 is 1.91 bits per heavy atom. The maximum Gasteiger partial charge on any atom is 0.246 e. The summed E-state index contributed by atoms with van der Waals surface area (Å²) in [6.45, 7) is 12.7. The minimum absolute atomic E-state index is 0.0639. The van der Waals surface area contributed by atoms with Crippen molar-refractivity contribution in [2.45, 2.75) is 83.2 Å². The second-order valence-electron chi connectivity index (χ2n) is 7.63. The Hall–Kier alpha value is -0.880. The zero-order chi connectivity index (χ0) is 16.7. The van der Waals surface area contributed by atoms with Gasteiger partial charge in [-0.3, -0.25) is 4.68 Å². The van der Waals surface area contributed by atoms with Crippen molar-refractivity contribution < 1.29 is 8.42 Å². The highest BCUT2D eigenvalue weighted by Crippen LogP contribution is 2.33. The lowest BCUT2D eigenvalue weighted by Gasteiger charge is -2.32. The zero-order valence-electron chi connectivity index (χ0n) is 14.6.